The van der Waals surface area contributed by atoms with Gasteiger partial charge in [0.25, 0.3) is 5.91 Å². The van der Waals surface area contributed by atoms with Gasteiger partial charge in [-0.25, -0.2) is 4.98 Å². The largest absolute Gasteiger partial charge is 0.337 e. The van der Waals surface area contributed by atoms with Crippen molar-refractivity contribution in [1.29, 1.82) is 5.26 Å². The van der Waals surface area contributed by atoms with Crippen molar-refractivity contribution in [3.05, 3.63) is 29.6 Å². The molecule has 0 unspecified atom stereocenters. The maximum Gasteiger partial charge on any atom is 0.272 e. The van der Waals surface area contributed by atoms with E-state index in [1.165, 1.54) is 25.5 Å². The molecule has 0 radical (unpaired) electrons. The monoisotopic (exact) mass is 243 g/mol. The second-order valence-corrected chi connectivity index (χ2v) is 4.68. The van der Waals surface area contributed by atoms with Gasteiger partial charge in [0.2, 0.25) is 0 Å². The third kappa shape index (κ3) is 2.67. The lowest BCUT2D eigenvalue weighted by Gasteiger charge is -2.31. The first kappa shape index (κ1) is 12.6. The van der Waals surface area contributed by atoms with Crippen LogP contribution in [0.5, 0.6) is 0 Å². The Kier molecular flexibility index (Phi) is 3.93. The van der Waals surface area contributed by atoms with E-state index in [2.05, 4.69) is 4.98 Å². The number of carbonyl (C=O) groups is 1. The van der Waals surface area contributed by atoms with Crippen LogP contribution in [0.4, 0.5) is 0 Å². The topological polar surface area (TPSA) is 57.0 Å². The van der Waals surface area contributed by atoms with Crippen molar-refractivity contribution >= 4 is 5.91 Å². The van der Waals surface area contributed by atoms with E-state index in [1.807, 2.05) is 17.9 Å². The summed E-state index contributed by atoms with van der Waals surface area (Å²) in [6.45, 7) is 3.52. The molecule has 0 spiro atoms. The Balaban J connectivity index is 2.04. The molecule has 1 heterocycles. The van der Waals surface area contributed by atoms with Gasteiger partial charge in [-0.3, -0.25) is 4.79 Å². The van der Waals surface area contributed by atoms with Gasteiger partial charge in [0.1, 0.15) is 11.8 Å². The van der Waals surface area contributed by atoms with Crippen LogP contribution in [0.3, 0.4) is 0 Å². The van der Waals surface area contributed by atoms with E-state index in [0.29, 0.717) is 23.7 Å². The maximum absolute atomic E-state index is 12.2. The third-order valence-electron chi connectivity index (χ3n) is 3.48. The van der Waals surface area contributed by atoms with Crippen molar-refractivity contribution in [2.75, 3.05) is 13.1 Å². The number of rotatable bonds is 4. The maximum atomic E-state index is 12.2. The summed E-state index contributed by atoms with van der Waals surface area (Å²) in [7, 11) is 0. The number of nitrogens with zero attached hydrogens (tertiary/aromatic N) is 3. The average Bonchev–Trinajstić information content (AvgIpc) is 2.37. The van der Waals surface area contributed by atoms with Gasteiger partial charge in [-0.1, -0.05) is 6.42 Å². The Bertz CT molecular complexity index is 457. The van der Waals surface area contributed by atoms with Gasteiger partial charge in [0.05, 0.1) is 5.56 Å². The Morgan fingerprint density at radius 1 is 1.56 bits per heavy atom. The fraction of sp³-hybridized carbons (Fsp3) is 0.500. The summed E-state index contributed by atoms with van der Waals surface area (Å²) >= 11 is 0. The fourth-order valence-corrected chi connectivity index (χ4v) is 2.09. The summed E-state index contributed by atoms with van der Waals surface area (Å²) < 4.78 is 0. The van der Waals surface area contributed by atoms with E-state index in [-0.39, 0.29) is 5.91 Å². The number of pyridine rings is 1. The Labute approximate surface area is 107 Å². The SMILES string of the molecule is CCN(CC1CCC1)C(=O)c1ccc(C#N)cn1. The Hall–Kier alpha value is -1.89. The molecule has 1 fully saturated rings. The van der Waals surface area contributed by atoms with E-state index >= 15 is 0 Å². The van der Waals surface area contributed by atoms with Gasteiger partial charge < -0.3 is 4.90 Å². The molecule has 1 amide bonds. The van der Waals surface area contributed by atoms with Gasteiger partial charge in [-0.15, -0.1) is 0 Å². The van der Waals surface area contributed by atoms with Crippen LogP contribution in [-0.2, 0) is 0 Å². The predicted octanol–water partition coefficient (Wildman–Crippen LogP) is 2.22. The molecular formula is C14H17N3O. The smallest absolute Gasteiger partial charge is 0.272 e. The average molecular weight is 243 g/mol. The highest BCUT2D eigenvalue weighted by Gasteiger charge is 2.23. The minimum atomic E-state index is -0.0334. The molecule has 4 heteroatoms. The summed E-state index contributed by atoms with van der Waals surface area (Å²) in [4.78, 5) is 18.1. The highest BCUT2D eigenvalue weighted by molar-refractivity contribution is 5.92. The second kappa shape index (κ2) is 5.63. The molecule has 0 saturated heterocycles. The van der Waals surface area contributed by atoms with E-state index in [9.17, 15) is 4.79 Å². The van der Waals surface area contributed by atoms with Gasteiger partial charge in [-0.2, -0.15) is 5.26 Å². The Morgan fingerprint density at radius 2 is 2.33 bits per heavy atom. The molecule has 0 bridgehead atoms. The molecule has 1 aromatic rings. The highest BCUT2D eigenvalue weighted by atomic mass is 16.2. The minimum absolute atomic E-state index is 0.0334. The molecule has 94 valence electrons. The highest BCUT2D eigenvalue weighted by Crippen LogP contribution is 2.27. The summed E-state index contributed by atoms with van der Waals surface area (Å²) in [6, 6.07) is 5.26. The summed E-state index contributed by atoms with van der Waals surface area (Å²) in [6.07, 6.45) is 5.19. The summed E-state index contributed by atoms with van der Waals surface area (Å²) in [5.74, 6) is 0.626. The van der Waals surface area contributed by atoms with Gasteiger partial charge in [-0.05, 0) is 37.8 Å². The molecule has 2 rings (SSSR count). The number of hydrogen-bond acceptors (Lipinski definition) is 3. The number of carbonyl (C=O) groups excluding carboxylic acids is 1. The second-order valence-electron chi connectivity index (χ2n) is 4.68. The van der Waals surface area contributed by atoms with Crippen LogP contribution in [0.2, 0.25) is 0 Å². The van der Waals surface area contributed by atoms with E-state index in [1.54, 1.807) is 12.1 Å². The summed E-state index contributed by atoms with van der Waals surface area (Å²) in [5.41, 5.74) is 0.906. The molecule has 1 aliphatic carbocycles. The van der Waals surface area contributed by atoms with E-state index in [0.717, 1.165) is 6.54 Å². The van der Waals surface area contributed by atoms with Crippen LogP contribution in [0.1, 0.15) is 42.2 Å². The van der Waals surface area contributed by atoms with Crippen molar-refractivity contribution in [2.24, 2.45) is 5.92 Å². The zero-order chi connectivity index (χ0) is 13.0. The lowest BCUT2D eigenvalue weighted by molar-refractivity contribution is 0.0700. The zero-order valence-corrected chi connectivity index (χ0v) is 10.6. The quantitative estimate of drug-likeness (QED) is 0.814. The zero-order valence-electron chi connectivity index (χ0n) is 10.6. The molecule has 0 N–H and O–H groups in total. The molecule has 0 aromatic carbocycles. The molecule has 4 nitrogen and oxygen atoms in total. The van der Waals surface area contributed by atoms with E-state index in [4.69, 9.17) is 5.26 Å². The van der Waals surface area contributed by atoms with Crippen LogP contribution in [-0.4, -0.2) is 28.9 Å². The van der Waals surface area contributed by atoms with Gasteiger partial charge in [0, 0.05) is 19.3 Å². The molecule has 1 aromatic heterocycles. The van der Waals surface area contributed by atoms with Gasteiger partial charge >= 0.3 is 0 Å². The molecular weight excluding hydrogens is 226 g/mol. The first-order chi connectivity index (χ1) is 8.74. The van der Waals surface area contributed by atoms with Crippen molar-refractivity contribution in [3.63, 3.8) is 0 Å². The first-order valence-electron chi connectivity index (χ1n) is 6.40. The lowest BCUT2D eigenvalue weighted by atomic mass is 9.85. The van der Waals surface area contributed by atoms with Crippen molar-refractivity contribution < 1.29 is 4.79 Å². The standard InChI is InChI=1S/C14H17N3O/c1-2-17(10-11-4-3-5-11)14(18)13-7-6-12(8-15)9-16-13/h6-7,9,11H,2-5,10H2,1H3. The fourth-order valence-electron chi connectivity index (χ4n) is 2.09. The third-order valence-corrected chi connectivity index (χ3v) is 3.48. The predicted molar refractivity (Wildman–Crippen MR) is 67.9 cm³/mol. The minimum Gasteiger partial charge on any atom is -0.337 e. The molecule has 1 aliphatic rings. The number of hydrogen-bond donors (Lipinski definition) is 0. The van der Waals surface area contributed by atoms with Crippen LogP contribution < -0.4 is 0 Å². The number of aromatic nitrogens is 1. The van der Waals surface area contributed by atoms with Crippen LogP contribution >= 0.6 is 0 Å². The lowest BCUT2D eigenvalue weighted by Crippen LogP contribution is -2.37. The van der Waals surface area contributed by atoms with Crippen LogP contribution in [0.15, 0.2) is 18.3 Å². The summed E-state index contributed by atoms with van der Waals surface area (Å²) in [5, 5.41) is 8.70. The van der Waals surface area contributed by atoms with Crippen LogP contribution in [0.25, 0.3) is 0 Å². The molecule has 18 heavy (non-hydrogen) atoms. The first-order valence-corrected chi connectivity index (χ1v) is 6.40. The van der Waals surface area contributed by atoms with Gasteiger partial charge in [0.15, 0.2) is 0 Å². The molecule has 0 aliphatic heterocycles. The number of nitriles is 1. The Morgan fingerprint density at radius 3 is 2.78 bits per heavy atom. The van der Waals surface area contributed by atoms with Crippen molar-refractivity contribution in [1.82, 2.24) is 9.88 Å². The van der Waals surface area contributed by atoms with Crippen LogP contribution in [0, 0.1) is 17.2 Å². The molecule has 0 atom stereocenters. The van der Waals surface area contributed by atoms with E-state index < -0.39 is 0 Å². The normalized spacial score (nSPS) is 14.7. The molecule has 1 saturated carbocycles. The van der Waals surface area contributed by atoms with Crippen molar-refractivity contribution in [2.45, 2.75) is 26.2 Å². The van der Waals surface area contributed by atoms with Crippen molar-refractivity contribution in [3.8, 4) is 6.07 Å². The number of amides is 1.